The molecule has 25 heavy (non-hydrogen) atoms. The molecular weight excluding hydrogens is 318 g/mol. The van der Waals surface area contributed by atoms with Crippen molar-refractivity contribution >= 4 is 11.8 Å². The summed E-state index contributed by atoms with van der Waals surface area (Å²) in [6, 6.07) is 0. The van der Waals surface area contributed by atoms with Gasteiger partial charge in [-0.3, -0.25) is 9.59 Å². The zero-order valence-corrected chi connectivity index (χ0v) is 15.7. The minimum atomic E-state index is -0.0935. The van der Waals surface area contributed by atoms with Crippen LogP contribution < -0.4 is 5.32 Å². The number of likely N-dealkylation sites (tertiary alicyclic amines) is 1. The Morgan fingerprint density at radius 1 is 1.40 bits per heavy atom. The molecule has 1 N–H and O–H groups in total. The average Bonchev–Trinajstić information content (AvgIpc) is 3.02. The molecule has 1 fully saturated rings. The van der Waals surface area contributed by atoms with E-state index in [0.29, 0.717) is 18.9 Å². The van der Waals surface area contributed by atoms with Crippen molar-refractivity contribution in [1.29, 1.82) is 0 Å². The van der Waals surface area contributed by atoms with Crippen LogP contribution in [0.4, 0.5) is 0 Å². The summed E-state index contributed by atoms with van der Waals surface area (Å²) in [5, 5.41) is 2.69. The maximum absolute atomic E-state index is 12.4. The molecule has 2 rings (SSSR count). The lowest BCUT2D eigenvalue weighted by Gasteiger charge is -2.33. The summed E-state index contributed by atoms with van der Waals surface area (Å²) in [6.07, 6.45) is 7.43. The molecule has 1 atom stereocenters. The highest BCUT2D eigenvalue weighted by molar-refractivity contribution is 5.78. The second-order valence-corrected chi connectivity index (χ2v) is 7.05. The number of amides is 2. The van der Waals surface area contributed by atoms with Gasteiger partial charge in [-0.1, -0.05) is 0 Å². The van der Waals surface area contributed by atoms with Crippen LogP contribution in [0.15, 0.2) is 12.4 Å². The molecule has 1 aromatic rings. The van der Waals surface area contributed by atoms with Crippen LogP contribution in [0.2, 0.25) is 0 Å². The predicted octanol–water partition coefficient (Wildman–Crippen LogP) is 1.07. The maximum atomic E-state index is 12.4. The minimum absolute atomic E-state index is 0.0935. The first-order chi connectivity index (χ1) is 12.0. The normalized spacial score (nSPS) is 17.8. The van der Waals surface area contributed by atoms with E-state index in [-0.39, 0.29) is 11.8 Å². The van der Waals surface area contributed by atoms with E-state index >= 15 is 0 Å². The molecule has 0 aromatic carbocycles. The summed E-state index contributed by atoms with van der Waals surface area (Å²) < 4.78 is 2.24. The number of aromatic nitrogens is 2. The van der Waals surface area contributed by atoms with Crippen LogP contribution >= 0.6 is 0 Å². The van der Waals surface area contributed by atoms with Crippen LogP contribution in [-0.4, -0.2) is 71.4 Å². The number of carbonyl (C=O) groups is 2. The minimum Gasteiger partial charge on any atom is -0.356 e. The van der Waals surface area contributed by atoms with Gasteiger partial charge in [-0.05, 0) is 39.9 Å². The van der Waals surface area contributed by atoms with Crippen molar-refractivity contribution in [3.05, 3.63) is 18.2 Å². The first-order valence-electron chi connectivity index (χ1n) is 9.15. The molecule has 1 aliphatic heterocycles. The molecular formula is C18H31N5O2. The number of hydrogen-bond donors (Lipinski definition) is 1. The summed E-state index contributed by atoms with van der Waals surface area (Å²) in [4.78, 5) is 32.0. The molecule has 1 saturated heterocycles. The second kappa shape index (κ2) is 9.56. The van der Waals surface area contributed by atoms with Crippen LogP contribution in [0.1, 0.15) is 44.3 Å². The van der Waals surface area contributed by atoms with Gasteiger partial charge in [0.2, 0.25) is 11.8 Å². The van der Waals surface area contributed by atoms with Crippen molar-refractivity contribution in [2.75, 3.05) is 40.3 Å². The third-order valence-electron chi connectivity index (χ3n) is 4.60. The second-order valence-electron chi connectivity index (χ2n) is 7.05. The van der Waals surface area contributed by atoms with Crippen LogP contribution in [-0.2, 0) is 16.1 Å². The van der Waals surface area contributed by atoms with Crippen LogP contribution in [0.25, 0.3) is 0 Å². The molecule has 0 saturated carbocycles. The molecule has 0 aliphatic carbocycles. The lowest BCUT2D eigenvalue weighted by atomic mass is 9.96. The van der Waals surface area contributed by atoms with Gasteiger partial charge in [0.1, 0.15) is 5.82 Å². The Hall–Kier alpha value is -1.89. The highest BCUT2D eigenvalue weighted by atomic mass is 16.2. The van der Waals surface area contributed by atoms with E-state index in [9.17, 15) is 9.59 Å². The smallest absolute Gasteiger partial charge is 0.224 e. The van der Waals surface area contributed by atoms with E-state index < -0.39 is 0 Å². The van der Waals surface area contributed by atoms with Gasteiger partial charge in [0.25, 0.3) is 0 Å². The largest absolute Gasteiger partial charge is 0.356 e. The lowest BCUT2D eigenvalue weighted by Crippen LogP contribution is -2.41. The van der Waals surface area contributed by atoms with E-state index in [0.717, 1.165) is 51.3 Å². The fourth-order valence-corrected chi connectivity index (χ4v) is 3.34. The van der Waals surface area contributed by atoms with Gasteiger partial charge in [-0.15, -0.1) is 0 Å². The topological polar surface area (TPSA) is 70.5 Å². The Morgan fingerprint density at radius 2 is 2.20 bits per heavy atom. The molecule has 1 aromatic heterocycles. The van der Waals surface area contributed by atoms with E-state index in [1.807, 2.05) is 17.3 Å². The van der Waals surface area contributed by atoms with Gasteiger partial charge < -0.3 is 19.7 Å². The van der Waals surface area contributed by atoms with Crippen molar-refractivity contribution in [2.24, 2.45) is 0 Å². The van der Waals surface area contributed by atoms with Gasteiger partial charge >= 0.3 is 0 Å². The van der Waals surface area contributed by atoms with Gasteiger partial charge in [0.15, 0.2) is 0 Å². The van der Waals surface area contributed by atoms with Crippen molar-refractivity contribution in [3.63, 3.8) is 0 Å². The highest BCUT2D eigenvalue weighted by Gasteiger charge is 2.27. The summed E-state index contributed by atoms with van der Waals surface area (Å²) in [5.74, 6) is 1.42. The number of hydrogen-bond acceptors (Lipinski definition) is 4. The standard InChI is InChI=1S/C18H31N5O2/c1-15(24)19-8-7-17(25)23-11-4-6-16(14-23)18-20-9-13-22(18)12-5-10-21(2)3/h9,13,16H,4-8,10-12,14H2,1-3H3,(H,19,24). The molecule has 2 amide bonds. The Kier molecular flexibility index (Phi) is 7.43. The van der Waals surface area contributed by atoms with Crippen LogP contribution in [0, 0.1) is 0 Å². The first-order valence-corrected chi connectivity index (χ1v) is 9.15. The summed E-state index contributed by atoms with van der Waals surface area (Å²) in [5.41, 5.74) is 0. The van der Waals surface area contributed by atoms with E-state index in [2.05, 4.69) is 33.9 Å². The number of aryl methyl sites for hydroxylation is 1. The number of carbonyl (C=O) groups excluding carboxylic acids is 2. The van der Waals surface area contributed by atoms with Gasteiger partial charge in [0.05, 0.1) is 0 Å². The average molecular weight is 349 g/mol. The van der Waals surface area contributed by atoms with E-state index in [1.165, 1.54) is 6.92 Å². The van der Waals surface area contributed by atoms with Crippen molar-refractivity contribution < 1.29 is 9.59 Å². The molecule has 1 aliphatic rings. The van der Waals surface area contributed by atoms with E-state index in [4.69, 9.17) is 0 Å². The molecule has 2 heterocycles. The van der Waals surface area contributed by atoms with Crippen LogP contribution in [0.3, 0.4) is 0 Å². The first kappa shape index (κ1) is 19.4. The Balaban J connectivity index is 1.89. The van der Waals surface area contributed by atoms with Crippen molar-refractivity contribution in [1.82, 2.24) is 24.7 Å². The molecule has 0 spiro atoms. The number of imidazole rings is 1. The van der Waals surface area contributed by atoms with Gasteiger partial charge in [-0.2, -0.15) is 0 Å². The summed E-state index contributed by atoms with van der Waals surface area (Å²) in [6.45, 7) is 5.42. The summed E-state index contributed by atoms with van der Waals surface area (Å²) >= 11 is 0. The monoisotopic (exact) mass is 349 g/mol. The molecule has 1 unspecified atom stereocenters. The number of rotatable bonds is 8. The SMILES string of the molecule is CC(=O)NCCC(=O)N1CCCC(c2nccn2CCCN(C)C)C1. The zero-order chi connectivity index (χ0) is 18.2. The Morgan fingerprint density at radius 3 is 2.92 bits per heavy atom. The third kappa shape index (κ3) is 6.16. The van der Waals surface area contributed by atoms with Gasteiger partial charge in [-0.25, -0.2) is 4.98 Å². The van der Waals surface area contributed by atoms with Gasteiger partial charge in [0, 0.05) is 57.8 Å². The summed E-state index contributed by atoms with van der Waals surface area (Å²) in [7, 11) is 4.17. The fraction of sp³-hybridized carbons (Fsp3) is 0.722. The molecule has 0 radical (unpaired) electrons. The molecule has 7 heteroatoms. The maximum Gasteiger partial charge on any atom is 0.224 e. The number of nitrogens with one attached hydrogen (secondary N) is 1. The predicted molar refractivity (Wildman–Crippen MR) is 97.3 cm³/mol. The van der Waals surface area contributed by atoms with Crippen molar-refractivity contribution in [2.45, 2.75) is 45.1 Å². The quantitative estimate of drug-likeness (QED) is 0.762. The molecule has 0 bridgehead atoms. The third-order valence-corrected chi connectivity index (χ3v) is 4.60. The fourth-order valence-electron chi connectivity index (χ4n) is 3.34. The van der Waals surface area contributed by atoms with Crippen molar-refractivity contribution in [3.8, 4) is 0 Å². The Bertz CT molecular complexity index is 570. The molecule has 140 valence electrons. The number of piperidine rings is 1. The Labute approximate surface area is 150 Å². The highest BCUT2D eigenvalue weighted by Crippen LogP contribution is 2.26. The molecule has 7 nitrogen and oxygen atoms in total. The lowest BCUT2D eigenvalue weighted by molar-refractivity contribution is -0.132. The zero-order valence-electron chi connectivity index (χ0n) is 15.7. The van der Waals surface area contributed by atoms with E-state index in [1.54, 1.807) is 0 Å². The number of nitrogens with zero attached hydrogens (tertiary/aromatic N) is 4. The van der Waals surface area contributed by atoms with Crippen LogP contribution in [0.5, 0.6) is 0 Å².